The van der Waals surface area contributed by atoms with Gasteiger partial charge in [0.25, 0.3) is 0 Å². The zero-order valence-corrected chi connectivity index (χ0v) is 12.4. The van der Waals surface area contributed by atoms with Gasteiger partial charge in [-0.3, -0.25) is 5.84 Å². The summed E-state index contributed by atoms with van der Waals surface area (Å²) in [4.78, 5) is 2.32. The molecule has 0 radical (unpaired) electrons. The molecule has 1 aromatic carbocycles. The number of thioether (sulfide) groups is 1. The van der Waals surface area contributed by atoms with Gasteiger partial charge in [-0.2, -0.15) is 0 Å². The summed E-state index contributed by atoms with van der Waals surface area (Å²) in [5, 5.41) is 2.73. The standard InChI is InChI=1S/C13H15ClN2S2/c1-2-17-10-5-3-9(4-6-10)12(16-15)13-11(14)7-8-18-13/h3-8,12,16H,2,15H2,1H3. The Morgan fingerprint density at radius 2 is 2.06 bits per heavy atom. The predicted octanol–water partition coefficient (Wildman–Crippen LogP) is 4.07. The highest BCUT2D eigenvalue weighted by Crippen LogP contribution is 2.33. The molecule has 0 aliphatic heterocycles. The van der Waals surface area contributed by atoms with Gasteiger partial charge in [-0.05, 0) is 34.9 Å². The summed E-state index contributed by atoms with van der Waals surface area (Å²) in [6.45, 7) is 2.15. The second kappa shape index (κ2) is 6.59. The molecule has 0 fully saturated rings. The lowest BCUT2D eigenvalue weighted by Gasteiger charge is -2.15. The Morgan fingerprint density at radius 3 is 2.56 bits per heavy atom. The fraction of sp³-hybridized carbons (Fsp3) is 0.231. The Labute approximate surface area is 121 Å². The van der Waals surface area contributed by atoms with Crippen molar-refractivity contribution >= 4 is 34.7 Å². The minimum Gasteiger partial charge on any atom is -0.271 e. The number of benzene rings is 1. The number of rotatable bonds is 5. The molecule has 0 saturated carbocycles. The van der Waals surface area contributed by atoms with E-state index in [2.05, 4.69) is 36.6 Å². The summed E-state index contributed by atoms with van der Waals surface area (Å²) in [6, 6.07) is 10.3. The van der Waals surface area contributed by atoms with E-state index in [0.29, 0.717) is 0 Å². The highest BCUT2D eigenvalue weighted by Gasteiger charge is 2.16. The van der Waals surface area contributed by atoms with Gasteiger partial charge >= 0.3 is 0 Å². The van der Waals surface area contributed by atoms with Crippen molar-refractivity contribution in [2.45, 2.75) is 17.9 Å². The summed E-state index contributed by atoms with van der Waals surface area (Å²) in [5.41, 5.74) is 3.96. The summed E-state index contributed by atoms with van der Waals surface area (Å²) >= 11 is 9.60. The maximum absolute atomic E-state index is 6.15. The smallest absolute Gasteiger partial charge is 0.0817 e. The van der Waals surface area contributed by atoms with Gasteiger partial charge in [-0.15, -0.1) is 23.1 Å². The van der Waals surface area contributed by atoms with Crippen LogP contribution in [0.5, 0.6) is 0 Å². The van der Waals surface area contributed by atoms with Crippen LogP contribution >= 0.6 is 34.7 Å². The van der Waals surface area contributed by atoms with E-state index in [1.54, 1.807) is 11.3 Å². The molecular formula is C13H15ClN2S2. The van der Waals surface area contributed by atoms with Gasteiger partial charge in [-0.25, -0.2) is 5.43 Å². The van der Waals surface area contributed by atoms with Gasteiger partial charge < -0.3 is 0 Å². The first-order valence-electron chi connectivity index (χ1n) is 5.68. The summed E-state index contributed by atoms with van der Waals surface area (Å²) in [6.07, 6.45) is 0. The van der Waals surface area contributed by atoms with Crippen LogP contribution in [-0.4, -0.2) is 5.75 Å². The molecule has 5 heteroatoms. The maximum atomic E-state index is 6.15. The van der Waals surface area contributed by atoms with Gasteiger partial charge in [0.15, 0.2) is 0 Å². The Morgan fingerprint density at radius 1 is 1.33 bits per heavy atom. The van der Waals surface area contributed by atoms with Crippen molar-refractivity contribution < 1.29 is 0 Å². The van der Waals surface area contributed by atoms with E-state index >= 15 is 0 Å². The Hall–Kier alpha value is -0.520. The third-order valence-electron chi connectivity index (χ3n) is 2.60. The van der Waals surface area contributed by atoms with Crippen molar-refractivity contribution in [2.75, 3.05) is 5.75 Å². The lowest BCUT2D eigenvalue weighted by molar-refractivity contribution is 0.646. The van der Waals surface area contributed by atoms with E-state index in [1.165, 1.54) is 4.90 Å². The van der Waals surface area contributed by atoms with Crippen LogP contribution in [0.25, 0.3) is 0 Å². The van der Waals surface area contributed by atoms with Crippen LogP contribution in [-0.2, 0) is 0 Å². The van der Waals surface area contributed by atoms with E-state index in [1.807, 2.05) is 23.2 Å². The zero-order chi connectivity index (χ0) is 13.0. The average molecular weight is 299 g/mol. The molecule has 96 valence electrons. The van der Waals surface area contributed by atoms with Gasteiger partial charge in [0.05, 0.1) is 11.1 Å². The molecule has 1 unspecified atom stereocenters. The van der Waals surface area contributed by atoms with E-state index in [0.717, 1.165) is 21.2 Å². The van der Waals surface area contributed by atoms with Crippen LogP contribution in [0, 0.1) is 0 Å². The first kappa shape index (κ1) is 13.9. The molecule has 2 aromatic rings. The Bertz CT molecular complexity index is 496. The van der Waals surface area contributed by atoms with Gasteiger partial charge in [0.2, 0.25) is 0 Å². The van der Waals surface area contributed by atoms with Crippen molar-refractivity contribution in [3.05, 3.63) is 51.2 Å². The molecule has 0 aliphatic rings. The third kappa shape index (κ3) is 3.08. The van der Waals surface area contributed by atoms with Crippen molar-refractivity contribution in [1.29, 1.82) is 0 Å². The molecule has 18 heavy (non-hydrogen) atoms. The number of nitrogens with one attached hydrogen (secondary N) is 1. The summed E-state index contributed by atoms with van der Waals surface area (Å²) in [5.74, 6) is 6.73. The molecule has 2 rings (SSSR count). The Balaban J connectivity index is 2.25. The van der Waals surface area contributed by atoms with Crippen molar-refractivity contribution in [3.8, 4) is 0 Å². The predicted molar refractivity (Wildman–Crippen MR) is 81.3 cm³/mol. The first-order valence-corrected chi connectivity index (χ1v) is 7.92. The van der Waals surface area contributed by atoms with Crippen LogP contribution in [0.4, 0.5) is 0 Å². The number of hydrogen-bond acceptors (Lipinski definition) is 4. The van der Waals surface area contributed by atoms with E-state index in [4.69, 9.17) is 17.4 Å². The number of hydrazine groups is 1. The number of thiophene rings is 1. The van der Waals surface area contributed by atoms with Crippen molar-refractivity contribution in [2.24, 2.45) is 5.84 Å². The molecule has 3 N–H and O–H groups in total. The Kier molecular flexibility index (Phi) is 5.09. The summed E-state index contributed by atoms with van der Waals surface area (Å²) in [7, 11) is 0. The van der Waals surface area contributed by atoms with Crippen molar-refractivity contribution in [3.63, 3.8) is 0 Å². The highest BCUT2D eigenvalue weighted by molar-refractivity contribution is 7.99. The molecule has 0 amide bonds. The quantitative estimate of drug-likeness (QED) is 0.496. The van der Waals surface area contributed by atoms with E-state index in [-0.39, 0.29) is 6.04 Å². The first-order chi connectivity index (χ1) is 8.76. The topological polar surface area (TPSA) is 38.0 Å². The molecule has 1 heterocycles. The van der Waals surface area contributed by atoms with E-state index in [9.17, 15) is 0 Å². The second-order valence-electron chi connectivity index (χ2n) is 3.73. The van der Waals surface area contributed by atoms with Crippen LogP contribution in [0.15, 0.2) is 40.6 Å². The van der Waals surface area contributed by atoms with E-state index < -0.39 is 0 Å². The number of nitrogens with two attached hydrogens (primary N) is 1. The second-order valence-corrected chi connectivity index (χ2v) is 6.43. The fourth-order valence-electron chi connectivity index (χ4n) is 1.76. The monoisotopic (exact) mass is 298 g/mol. The normalized spacial score (nSPS) is 12.6. The number of hydrogen-bond donors (Lipinski definition) is 2. The molecule has 0 spiro atoms. The zero-order valence-electron chi connectivity index (χ0n) is 10.0. The third-order valence-corrected chi connectivity index (χ3v) is 4.92. The van der Waals surface area contributed by atoms with Crippen LogP contribution in [0.2, 0.25) is 5.02 Å². The molecule has 0 aliphatic carbocycles. The van der Waals surface area contributed by atoms with Crippen LogP contribution < -0.4 is 11.3 Å². The molecule has 2 nitrogen and oxygen atoms in total. The van der Waals surface area contributed by atoms with Gasteiger partial charge in [0, 0.05) is 9.77 Å². The lowest BCUT2D eigenvalue weighted by atomic mass is 10.1. The lowest BCUT2D eigenvalue weighted by Crippen LogP contribution is -2.28. The number of halogens is 1. The molecular weight excluding hydrogens is 284 g/mol. The van der Waals surface area contributed by atoms with Gasteiger partial charge in [-0.1, -0.05) is 30.7 Å². The van der Waals surface area contributed by atoms with Gasteiger partial charge in [0.1, 0.15) is 0 Å². The maximum Gasteiger partial charge on any atom is 0.0817 e. The molecule has 0 saturated heterocycles. The van der Waals surface area contributed by atoms with Crippen LogP contribution in [0.1, 0.15) is 23.4 Å². The molecule has 0 bridgehead atoms. The average Bonchev–Trinajstić information content (AvgIpc) is 2.79. The minimum absolute atomic E-state index is 0.0434. The highest BCUT2D eigenvalue weighted by atomic mass is 35.5. The minimum atomic E-state index is -0.0434. The van der Waals surface area contributed by atoms with Crippen molar-refractivity contribution in [1.82, 2.24) is 5.43 Å². The summed E-state index contributed by atoms with van der Waals surface area (Å²) < 4.78 is 0. The molecule has 1 atom stereocenters. The molecule has 1 aromatic heterocycles. The fourth-order valence-corrected chi connectivity index (χ4v) is 3.67. The van der Waals surface area contributed by atoms with Crippen LogP contribution in [0.3, 0.4) is 0 Å². The largest absolute Gasteiger partial charge is 0.271 e. The SMILES string of the molecule is CCSc1ccc(C(NN)c2sccc2Cl)cc1.